The summed E-state index contributed by atoms with van der Waals surface area (Å²) in [5.74, 6) is -0.282. The molecule has 0 spiro atoms. The predicted octanol–water partition coefficient (Wildman–Crippen LogP) is 1.81. The quantitative estimate of drug-likeness (QED) is 0.586. The van der Waals surface area contributed by atoms with Crippen LogP contribution in [0.15, 0.2) is 18.2 Å². The Balaban J connectivity index is 2.36. The fraction of sp³-hybridized carbons (Fsp3) is 0.462. The van der Waals surface area contributed by atoms with E-state index in [1.54, 1.807) is 0 Å². The van der Waals surface area contributed by atoms with Gasteiger partial charge in [-0.3, -0.25) is 5.41 Å². The zero-order valence-corrected chi connectivity index (χ0v) is 10.7. The number of nitrogens with zero attached hydrogens (tertiary/aromatic N) is 1. The molecule has 1 aromatic carbocycles. The number of benzene rings is 1. The number of halogens is 3. The zero-order chi connectivity index (χ0) is 14.9. The molecule has 1 fully saturated rings. The van der Waals surface area contributed by atoms with Gasteiger partial charge in [0.05, 0.1) is 5.56 Å². The van der Waals surface area contributed by atoms with Gasteiger partial charge >= 0.3 is 6.18 Å². The van der Waals surface area contributed by atoms with E-state index in [1.807, 2.05) is 4.90 Å². The van der Waals surface area contributed by atoms with E-state index < -0.39 is 17.6 Å². The lowest BCUT2D eigenvalue weighted by atomic mass is 10.1. The third kappa shape index (κ3) is 2.87. The number of hydrogen-bond donors (Lipinski definition) is 3. The van der Waals surface area contributed by atoms with Crippen molar-refractivity contribution in [2.24, 2.45) is 11.7 Å². The average Bonchev–Trinajstić information content (AvgIpc) is 2.85. The van der Waals surface area contributed by atoms with Crippen molar-refractivity contribution in [3.63, 3.8) is 0 Å². The molecule has 0 aliphatic carbocycles. The molecule has 110 valence electrons. The van der Waals surface area contributed by atoms with Gasteiger partial charge in [-0.2, -0.15) is 13.2 Å². The Labute approximate surface area is 114 Å². The zero-order valence-electron chi connectivity index (χ0n) is 10.7. The summed E-state index contributed by atoms with van der Waals surface area (Å²) in [5, 5.41) is 16.6. The maximum atomic E-state index is 12.7. The van der Waals surface area contributed by atoms with Crippen LogP contribution in [0.1, 0.15) is 17.5 Å². The molecule has 20 heavy (non-hydrogen) atoms. The monoisotopic (exact) mass is 287 g/mol. The third-order valence-electron chi connectivity index (χ3n) is 3.50. The third-order valence-corrected chi connectivity index (χ3v) is 3.50. The second-order valence-corrected chi connectivity index (χ2v) is 4.93. The highest BCUT2D eigenvalue weighted by molar-refractivity contribution is 6.00. The lowest BCUT2D eigenvalue weighted by molar-refractivity contribution is -0.137. The minimum atomic E-state index is -4.46. The molecule has 4 N–H and O–H groups in total. The molecular formula is C13H16F3N3O. The van der Waals surface area contributed by atoms with E-state index in [0.29, 0.717) is 18.8 Å². The summed E-state index contributed by atoms with van der Waals surface area (Å²) in [6.07, 6.45) is -3.68. The predicted molar refractivity (Wildman–Crippen MR) is 69.9 cm³/mol. The van der Waals surface area contributed by atoms with Crippen molar-refractivity contribution in [1.29, 1.82) is 5.41 Å². The van der Waals surface area contributed by atoms with Crippen molar-refractivity contribution in [3.05, 3.63) is 29.3 Å². The topological polar surface area (TPSA) is 73.3 Å². The number of nitrogens with two attached hydrogens (primary N) is 1. The highest BCUT2D eigenvalue weighted by atomic mass is 19.4. The van der Waals surface area contributed by atoms with Crippen molar-refractivity contribution >= 4 is 11.5 Å². The van der Waals surface area contributed by atoms with Gasteiger partial charge in [0.25, 0.3) is 0 Å². The van der Waals surface area contributed by atoms with E-state index in [2.05, 4.69) is 0 Å². The molecular weight excluding hydrogens is 271 g/mol. The molecule has 1 saturated heterocycles. The van der Waals surface area contributed by atoms with Crippen LogP contribution in [0.2, 0.25) is 0 Å². The molecule has 7 heteroatoms. The number of nitrogen functional groups attached to an aromatic ring is 1. The number of amidine groups is 1. The van der Waals surface area contributed by atoms with Crippen LogP contribution in [0.3, 0.4) is 0 Å². The average molecular weight is 287 g/mol. The smallest absolute Gasteiger partial charge is 0.396 e. The van der Waals surface area contributed by atoms with Gasteiger partial charge in [-0.15, -0.1) is 0 Å². The van der Waals surface area contributed by atoms with E-state index in [4.69, 9.17) is 16.2 Å². The second kappa shape index (κ2) is 5.32. The minimum absolute atomic E-state index is 0.0482. The first kappa shape index (κ1) is 14.6. The van der Waals surface area contributed by atoms with Gasteiger partial charge in [0, 0.05) is 36.9 Å². The Bertz CT molecular complexity index is 516. The van der Waals surface area contributed by atoms with Crippen molar-refractivity contribution in [1.82, 2.24) is 0 Å². The largest absolute Gasteiger partial charge is 0.416 e. The van der Waals surface area contributed by atoms with Gasteiger partial charge in [-0.25, -0.2) is 0 Å². The lowest BCUT2D eigenvalue weighted by Crippen LogP contribution is -2.25. The Morgan fingerprint density at radius 2 is 2.15 bits per heavy atom. The molecule has 0 bridgehead atoms. The summed E-state index contributed by atoms with van der Waals surface area (Å²) in [4.78, 5) is 1.86. The fourth-order valence-corrected chi connectivity index (χ4v) is 2.40. The standard InChI is InChI=1S/C13H16F3N3O/c14-13(15,16)9-1-2-11(10(5-9)12(17)18)19-4-3-8(6-19)7-20/h1-2,5,8,20H,3-4,6-7H2,(H3,17,18). The fourth-order valence-electron chi connectivity index (χ4n) is 2.40. The summed E-state index contributed by atoms with van der Waals surface area (Å²) >= 11 is 0. The molecule has 1 atom stereocenters. The molecule has 2 rings (SSSR count). The van der Waals surface area contributed by atoms with Crippen LogP contribution in [0.25, 0.3) is 0 Å². The summed E-state index contributed by atoms with van der Waals surface area (Å²) in [5.41, 5.74) is 5.18. The molecule has 4 nitrogen and oxygen atoms in total. The van der Waals surface area contributed by atoms with E-state index in [-0.39, 0.29) is 18.1 Å². The number of alkyl halides is 3. The molecule has 0 amide bonds. The second-order valence-electron chi connectivity index (χ2n) is 4.93. The molecule has 0 radical (unpaired) electrons. The van der Waals surface area contributed by atoms with E-state index in [0.717, 1.165) is 18.6 Å². The molecule has 0 saturated carbocycles. The maximum absolute atomic E-state index is 12.7. The van der Waals surface area contributed by atoms with Crippen LogP contribution in [-0.4, -0.2) is 30.6 Å². The van der Waals surface area contributed by atoms with Crippen molar-refractivity contribution in [3.8, 4) is 0 Å². The normalized spacial score (nSPS) is 19.4. The van der Waals surface area contributed by atoms with Crippen LogP contribution in [0.5, 0.6) is 0 Å². The first-order valence-electron chi connectivity index (χ1n) is 6.24. The SMILES string of the molecule is N=C(N)c1cc(C(F)(F)F)ccc1N1CCC(CO)C1. The molecule has 1 aliphatic rings. The van der Waals surface area contributed by atoms with Crippen LogP contribution < -0.4 is 10.6 Å². The number of rotatable bonds is 3. The van der Waals surface area contributed by atoms with Gasteiger partial charge in [0.15, 0.2) is 0 Å². The molecule has 1 heterocycles. The van der Waals surface area contributed by atoms with E-state index in [9.17, 15) is 13.2 Å². The van der Waals surface area contributed by atoms with Crippen LogP contribution in [-0.2, 0) is 6.18 Å². The summed E-state index contributed by atoms with van der Waals surface area (Å²) < 4.78 is 38.1. The highest BCUT2D eigenvalue weighted by Gasteiger charge is 2.32. The van der Waals surface area contributed by atoms with Crippen LogP contribution in [0.4, 0.5) is 18.9 Å². The number of aliphatic hydroxyl groups excluding tert-OH is 1. The van der Waals surface area contributed by atoms with Gasteiger partial charge < -0.3 is 15.7 Å². The van der Waals surface area contributed by atoms with Crippen LogP contribution in [0, 0.1) is 11.3 Å². The Hall–Kier alpha value is -1.76. The first-order chi connectivity index (χ1) is 9.32. The van der Waals surface area contributed by atoms with Crippen molar-refractivity contribution < 1.29 is 18.3 Å². The van der Waals surface area contributed by atoms with E-state index >= 15 is 0 Å². The van der Waals surface area contributed by atoms with Gasteiger partial charge in [-0.05, 0) is 24.6 Å². The van der Waals surface area contributed by atoms with E-state index in [1.165, 1.54) is 6.07 Å². The first-order valence-corrected chi connectivity index (χ1v) is 6.24. The Kier molecular flexibility index (Phi) is 3.89. The molecule has 0 aromatic heterocycles. The minimum Gasteiger partial charge on any atom is -0.396 e. The highest BCUT2D eigenvalue weighted by Crippen LogP contribution is 2.34. The van der Waals surface area contributed by atoms with Crippen molar-refractivity contribution in [2.75, 3.05) is 24.6 Å². The summed E-state index contributed by atoms with van der Waals surface area (Å²) in [6.45, 7) is 1.24. The Morgan fingerprint density at radius 3 is 2.65 bits per heavy atom. The molecule has 1 aliphatic heterocycles. The number of anilines is 1. The Morgan fingerprint density at radius 1 is 1.45 bits per heavy atom. The lowest BCUT2D eigenvalue weighted by Gasteiger charge is -2.22. The number of aliphatic hydroxyl groups is 1. The van der Waals surface area contributed by atoms with Crippen molar-refractivity contribution in [2.45, 2.75) is 12.6 Å². The number of nitrogens with one attached hydrogen (secondary N) is 1. The summed E-state index contributed by atoms with van der Waals surface area (Å²) in [7, 11) is 0. The summed E-state index contributed by atoms with van der Waals surface area (Å²) in [6, 6.07) is 3.25. The van der Waals surface area contributed by atoms with Gasteiger partial charge in [0.1, 0.15) is 5.84 Å². The molecule has 1 aromatic rings. The maximum Gasteiger partial charge on any atom is 0.416 e. The molecule has 1 unspecified atom stereocenters. The van der Waals surface area contributed by atoms with Crippen LogP contribution >= 0.6 is 0 Å². The number of hydrogen-bond acceptors (Lipinski definition) is 3. The van der Waals surface area contributed by atoms with Gasteiger partial charge in [-0.1, -0.05) is 0 Å². The van der Waals surface area contributed by atoms with Gasteiger partial charge in [0.2, 0.25) is 0 Å².